The van der Waals surface area contributed by atoms with Crippen molar-refractivity contribution in [1.29, 1.82) is 0 Å². The van der Waals surface area contributed by atoms with Crippen LogP contribution in [0.4, 0.5) is 0 Å². The van der Waals surface area contributed by atoms with Crippen LogP contribution < -0.4 is 10.9 Å². The summed E-state index contributed by atoms with van der Waals surface area (Å²) < 4.78 is 2.12. The third kappa shape index (κ3) is 4.45. The Morgan fingerprint density at radius 1 is 1.44 bits per heavy atom. The molecule has 0 aromatic carbocycles. The average Bonchev–Trinajstić information content (AvgIpc) is 2.29. The number of nitrogens with one attached hydrogen (secondary N) is 1. The van der Waals surface area contributed by atoms with E-state index in [1.165, 1.54) is 25.5 Å². The SMILES string of the molecule is CCCCCNCCn1cncc(Br)c1=O. The van der Waals surface area contributed by atoms with Gasteiger partial charge in [0, 0.05) is 19.3 Å². The van der Waals surface area contributed by atoms with Crippen molar-refractivity contribution in [3.05, 3.63) is 27.4 Å². The van der Waals surface area contributed by atoms with Crippen LogP contribution >= 0.6 is 15.9 Å². The lowest BCUT2D eigenvalue weighted by atomic mass is 10.2. The van der Waals surface area contributed by atoms with E-state index in [4.69, 9.17) is 0 Å². The van der Waals surface area contributed by atoms with Crippen molar-refractivity contribution in [1.82, 2.24) is 14.9 Å². The number of nitrogens with zero attached hydrogens (tertiary/aromatic N) is 2. The van der Waals surface area contributed by atoms with E-state index in [1.54, 1.807) is 10.9 Å². The van der Waals surface area contributed by atoms with Gasteiger partial charge in [0.2, 0.25) is 0 Å². The first kappa shape index (κ1) is 13.4. The van der Waals surface area contributed by atoms with Crippen LogP contribution in [0.25, 0.3) is 0 Å². The van der Waals surface area contributed by atoms with Gasteiger partial charge >= 0.3 is 0 Å². The highest BCUT2D eigenvalue weighted by molar-refractivity contribution is 9.10. The Kier molecular flexibility index (Phi) is 6.33. The summed E-state index contributed by atoms with van der Waals surface area (Å²) in [6.45, 7) is 4.68. The molecule has 1 rings (SSSR count). The molecule has 0 amide bonds. The minimum absolute atomic E-state index is 0.0228. The summed E-state index contributed by atoms with van der Waals surface area (Å²) in [7, 11) is 0. The molecular weight excluding hydrogens is 270 g/mol. The van der Waals surface area contributed by atoms with Crippen LogP contribution in [0.15, 0.2) is 21.8 Å². The van der Waals surface area contributed by atoms with Crippen molar-refractivity contribution < 1.29 is 0 Å². The van der Waals surface area contributed by atoms with Gasteiger partial charge in [-0.15, -0.1) is 0 Å². The molecule has 0 aliphatic carbocycles. The zero-order chi connectivity index (χ0) is 11.8. The Hall–Kier alpha value is -0.680. The molecule has 0 unspecified atom stereocenters. The van der Waals surface area contributed by atoms with Gasteiger partial charge in [-0.1, -0.05) is 19.8 Å². The third-order valence-corrected chi connectivity index (χ3v) is 2.89. The Bertz CT molecular complexity index is 364. The van der Waals surface area contributed by atoms with E-state index in [0.717, 1.165) is 13.1 Å². The molecular formula is C11H18BrN3O. The fourth-order valence-electron chi connectivity index (χ4n) is 1.41. The van der Waals surface area contributed by atoms with E-state index in [2.05, 4.69) is 33.2 Å². The maximum Gasteiger partial charge on any atom is 0.267 e. The van der Waals surface area contributed by atoms with Crippen LogP contribution in [-0.4, -0.2) is 22.6 Å². The molecule has 0 saturated heterocycles. The molecule has 0 saturated carbocycles. The van der Waals surface area contributed by atoms with Gasteiger partial charge in [-0.2, -0.15) is 0 Å². The highest BCUT2D eigenvalue weighted by Crippen LogP contribution is 1.97. The van der Waals surface area contributed by atoms with E-state index >= 15 is 0 Å². The normalized spacial score (nSPS) is 10.6. The van der Waals surface area contributed by atoms with Crippen molar-refractivity contribution in [2.75, 3.05) is 13.1 Å². The molecule has 0 fully saturated rings. The Morgan fingerprint density at radius 3 is 3.00 bits per heavy atom. The Labute approximate surface area is 104 Å². The summed E-state index contributed by atoms with van der Waals surface area (Å²) >= 11 is 3.17. The van der Waals surface area contributed by atoms with Gasteiger partial charge in [-0.3, -0.25) is 9.36 Å². The monoisotopic (exact) mass is 287 g/mol. The van der Waals surface area contributed by atoms with Crippen LogP contribution in [0, 0.1) is 0 Å². The smallest absolute Gasteiger partial charge is 0.267 e. The molecule has 1 heterocycles. The summed E-state index contributed by atoms with van der Waals surface area (Å²) in [6, 6.07) is 0. The summed E-state index contributed by atoms with van der Waals surface area (Å²) in [5.74, 6) is 0. The summed E-state index contributed by atoms with van der Waals surface area (Å²) in [4.78, 5) is 15.5. The lowest BCUT2D eigenvalue weighted by Crippen LogP contribution is -2.27. The van der Waals surface area contributed by atoms with Crippen molar-refractivity contribution in [3.8, 4) is 0 Å². The standard InChI is InChI=1S/C11H18BrN3O/c1-2-3-4-5-13-6-7-15-9-14-8-10(12)11(15)16/h8-9,13H,2-7H2,1H3. The molecule has 0 atom stereocenters. The van der Waals surface area contributed by atoms with Gasteiger partial charge in [0.05, 0.1) is 6.33 Å². The van der Waals surface area contributed by atoms with Crippen LogP contribution in [0.1, 0.15) is 26.2 Å². The predicted molar refractivity (Wildman–Crippen MR) is 68.6 cm³/mol. The Morgan fingerprint density at radius 2 is 2.25 bits per heavy atom. The van der Waals surface area contributed by atoms with Crippen LogP contribution in [0.2, 0.25) is 0 Å². The van der Waals surface area contributed by atoms with Crippen molar-refractivity contribution in [2.24, 2.45) is 0 Å². The summed E-state index contributed by atoms with van der Waals surface area (Å²) in [5.41, 5.74) is -0.0228. The average molecular weight is 288 g/mol. The molecule has 4 nitrogen and oxygen atoms in total. The molecule has 90 valence electrons. The lowest BCUT2D eigenvalue weighted by molar-refractivity contribution is 0.556. The molecule has 1 aromatic heterocycles. The number of hydrogen-bond acceptors (Lipinski definition) is 3. The molecule has 0 bridgehead atoms. The minimum atomic E-state index is -0.0228. The molecule has 1 aromatic rings. The maximum absolute atomic E-state index is 11.6. The zero-order valence-electron chi connectivity index (χ0n) is 9.58. The van der Waals surface area contributed by atoms with Crippen LogP contribution in [-0.2, 0) is 6.54 Å². The third-order valence-electron chi connectivity index (χ3n) is 2.35. The van der Waals surface area contributed by atoms with E-state index in [1.807, 2.05) is 0 Å². The molecule has 0 radical (unpaired) electrons. The molecule has 5 heteroatoms. The first-order valence-corrected chi connectivity index (χ1v) is 6.45. The fourth-order valence-corrected chi connectivity index (χ4v) is 1.75. The molecule has 0 aliphatic heterocycles. The molecule has 0 aliphatic rings. The van der Waals surface area contributed by atoms with Gasteiger partial charge in [0.1, 0.15) is 4.47 Å². The number of halogens is 1. The number of hydrogen-bond donors (Lipinski definition) is 1. The Balaban J connectivity index is 2.27. The maximum atomic E-state index is 11.6. The van der Waals surface area contributed by atoms with Crippen molar-refractivity contribution >= 4 is 15.9 Å². The van der Waals surface area contributed by atoms with Gasteiger partial charge in [0.15, 0.2) is 0 Å². The van der Waals surface area contributed by atoms with Gasteiger partial charge < -0.3 is 5.32 Å². The topological polar surface area (TPSA) is 46.9 Å². The molecule has 16 heavy (non-hydrogen) atoms. The predicted octanol–water partition coefficient (Wildman–Crippen LogP) is 1.79. The largest absolute Gasteiger partial charge is 0.315 e. The van der Waals surface area contributed by atoms with Gasteiger partial charge in [-0.25, -0.2) is 4.98 Å². The number of unbranched alkanes of at least 4 members (excludes halogenated alkanes) is 2. The second-order valence-electron chi connectivity index (χ2n) is 3.70. The second kappa shape index (κ2) is 7.57. The first-order chi connectivity index (χ1) is 7.75. The van der Waals surface area contributed by atoms with E-state index in [-0.39, 0.29) is 5.56 Å². The zero-order valence-corrected chi connectivity index (χ0v) is 11.2. The van der Waals surface area contributed by atoms with E-state index in [9.17, 15) is 4.79 Å². The minimum Gasteiger partial charge on any atom is -0.315 e. The van der Waals surface area contributed by atoms with Crippen LogP contribution in [0.5, 0.6) is 0 Å². The van der Waals surface area contributed by atoms with Crippen molar-refractivity contribution in [2.45, 2.75) is 32.7 Å². The van der Waals surface area contributed by atoms with E-state index in [0.29, 0.717) is 11.0 Å². The van der Waals surface area contributed by atoms with Crippen molar-refractivity contribution in [3.63, 3.8) is 0 Å². The summed E-state index contributed by atoms with van der Waals surface area (Å²) in [5, 5.41) is 3.31. The van der Waals surface area contributed by atoms with Gasteiger partial charge in [-0.05, 0) is 28.9 Å². The highest BCUT2D eigenvalue weighted by Gasteiger charge is 1.99. The quantitative estimate of drug-likeness (QED) is 0.778. The molecule has 1 N–H and O–H groups in total. The number of rotatable bonds is 7. The van der Waals surface area contributed by atoms with E-state index < -0.39 is 0 Å². The first-order valence-electron chi connectivity index (χ1n) is 5.66. The molecule has 0 spiro atoms. The highest BCUT2D eigenvalue weighted by atomic mass is 79.9. The summed E-state index contributed by atoms with van der Waals surface area (Å²) in [6.07, 6.45) is 6.78. The van der Waals surface area contributed by atoms with Gasteiger partial charge in [0.25, 0.3) is 5.56 Å². The number of aromatic nitrogens is 2. The van der Waals surface area contributed by atoms with Crippen LogP contribution in [0.3, 0.4) is 0 Å². The fraction of sp³-hybridized carbons (Fsp3) is 0.636. The lowest BCUT2D eigenvalue weighted by Gasteiger charge is -2.06. The second-order valence-corrected chi connectivity index (χ2v) is 4.55.